The molecular formula is C18H21NO6S3. The highest BCUT2D eigenvalue weighted by molar-refractivity contribution is 7.96. The predicted molar refractivity (Wildman–Crippen MR) is 107 cm³/mol. The van der Waals surface area contributed by atoms with Crippen LogP contribution in [0.15, 0.2) is 52.3 Å². The lowest BCUT2D eigenvalue weighted by Gasteiger charge is -2.15. The smallest absolute Gasteiger partial charge is 0.261 e. The molecule has 1 N–H and O–H groups in total. The standard InChI is InChI=1S/C18H21NO6S3/c1-13-5-3-6-14(2)18(13)19-28(24,25)16-8-4-7-15(11-16)27(22,23)17-9-10-26(20,21)12-17/h3-8,11,17,19H,9-10,12H2,1-2H3/t17-/m1/s1. The predicted octanol–water partition coefficient (Wildman–Crippen LogP) is 2.07. The Morgan fingerprint density at radius 3 is 2.07 bits per heavy atom. The Hall–Kier alpha value is -1.91. The van der Waals surface area contributed by atoms with Gasteiger partial charge in [-0.15, -0.1) is 0 Å². The van der Waals surface area contributed by atoms with Gasteiger partial charge in [-0.3, -0.25) is 4.72 Å². The fourth-order valence-electron chi connectivity index (χ4n) is 3.19. The molecule has 3 rings (SSSR count). The first-order chi connectivity index (χ1) is 12.9. The highest BCUT2D eigenvalue weighted by atomic mass is 32.2. The maximum Gasteiger partial charge on any atom is 0.261 e. The summed E-state index contributed by atoms with van der Waals surface area (Å²) < 4.78 is 77.0. The summed E-state index contributed by atoms with van der Waals surface area (Å²) in [7, 11) is -11.4. The van der Waals surface area contributed by atoms with Crippen molar-refractivity contribution in [2.45, 2.75) is 35.3 Å². The second-order valence-corrected chi connectivity index (χ2v) is 13.1. The molecular weight excluding hydrogens is 422 g/mol. The molecule has 1 saturated heterocycles. The van der Waals surface area contributed by atoms with Gasteiger partial charge in [-0.2, -0.15) is 0 Å². The van der Waals surface area contributed by atoms with Gasteiger partial charge in [0.15, 0.2) is 19.7 Å². The minimum Gasteiger partial charge on any atom is -0.279 e. The molecule has 1 aliphatic heterocycles. The number of rotatable bonds is 5. The molecule has 1 heterocycles. The Labute approximate surface area is 165 Å². The van der Waals surface area contributed by atoms with Crippen molar-refractivity contribution in [1.29, 1.82) is 0 Å². The van der Waals surface area contributed by atoms with E-state index in [9.17, 15) is 25.3 Å². The molecule has 2 aromatic rings. The van der Waals surface area contributed by atoms with Crippen LogP contribution in [-0.2, 0) is 29.7 Å². The normalized spacial score (nSPS) is 19.4. The molecule has 10 heteroatoms. The Morgan fingerprint density at radius 2 is 1.50 bits per heavy atom. The van der Waals surface area contributed by atoms with Crippen molar-refractivity contribution in [3.8, 4) is 0 Å². The zero-order valence-corrected chi connectivity index (χ0v) is 17.9. The maximum atomic E-state index is 12.8. The fraction of sp³-hybridized carbons (Fsp3) is 0.333. The number of hydrogen-bond acceptors (Lipinski definition) is 6. The zero-order valence-electron chi connectivity index (χ0n) is 15.4. The Kier molecular flexibility index (Phi) is 5.32. The molecule has 28 heavy (non-hydrogen) atoms. The molecule has 1 aliphatic rings. The van der Waals surface area contributed by atoms with Crippen molar-refractivity contribution in [3.05, 3.63) is 53.6 Å². The van der Waals surface area contributed by atoms with E-state index in [2.05, 4.69) is 4.72 Å². The van der Waals surface area contributed by atoms with Gasteiger partial charge < -0.3 is 0 Å². The minimum absolute atomic E-state index is 0.0162. The topological polar surface area (TPSA) is 114 Å². The van der Waals surface area contributed by atoms with Crippen LogP contribution < -0.4 is 4.72 Å². The molecule has 0 radical (unpaired) electrons. The van der Waals surface area contributed by atoms with Gasteiger partial charge in [0, 0.05) is 0 Å². The summed E-state index contributed by atoms with van der Waals surface area (Å²) in [5.41, 5.74) is 1.92. The molecule has 0 bridgehead atoms. The SMILES string of the molecule is Cc1cccc(C)c1NS(=O)(=O)c1cccc(S(=O)(=O)[C@@H]2CCS(=O)(=O)C2)c1. The molecule has 0 saturated carbocycles. The van der Waals surface area contributed by atoms with Gasteiger partial charge in [0.25, 0.3) is 10.0 Å². The summed E-state index contributed by atoms with van der Waals surface area (Å²) >= 11 is 0. The lowest BCUT2D eigenvalue weighted by Crippen LogP contribution is -2.23. The van der Waals surface area contributed by atoms with Gasteiger partial charge in [-0.25, -0.2) is 25.3 Å². The number of hydrogen-bond donors (Lipinski definition) is 1. The highest BCUT2D eigenvalue weighted by Crippen LogP contribution is 2.28. The summed E-state index contributed by atoms with van der Waals surface area (Å²) in [5, 5.41) is -1.05. The number of benzene rings is 2. The van der Waals surface area contributed by atoms with Gasteiger partial charge in [0.2, 0.25) is 0 Å². The number of sulfone groups is 2. The van der Waals surface area contributed by atoms with Crippen LogP contribution in [0, 0.1) is 13.8 Å². The first-order valence-electron chi connectivity index (χ1n) is 8.56. The maximum absolute atomic E-state index is 12.8. The van der Waals surface area contributed by atoms with Gasteiger partial charge in [-0.05, 0) is 49.6 Å². The molecule has 152 valence electrons. The second-order valence-electron chi connectivity index (χ2n) is 6.92. The Morgan fingerprint density at radius 1 is 0.929 bits per heavy atom. The average molecular weight is 444 g/mol. The van der Waals surface area contributed by atoms with Crippen LogP contribution in [0.3, 0.4) is 0 Å². The van der Waals surface area contributed by atoms with E-state index in [1.807, 2.05) is 6.07 Å². The molecule has 2 aromatic carbocycles. The van der Waals surface area contributed by atoms with Gasteiger partial charge in [-0.1, -0.05) is 24.3 Å². The molecule has 0 unspecified atom stereocenters. The highest BCUT2D eigenvalue weighted by Gasteiger charge is 2.38. The van der Waals surface area contributed by atoms with E-state index in [4.69, 9.17) is 0 Å². The number of para-hydroxylation sites is 1. The van der Waals surface area contributed by atoms with Crippen molar-refractivity contribution in [1.82, 2.24) is 0 Å². The third kappa shape index (κ3) is 4.08. The van der Waals surface area contributed by atoms with Crippen molar-refractivity contribution >= 4 is 35.4 Å². The van der Waals surface area contributed by atoms with Crippen LogP contribution in [0.5, 0.6) is 0 Å². The number of sulfonamides is 1. The van der Waals surface area contributed by atoms with E-state index in [1.165, 1.54) is 18.2 Å². The van der Waals surface area contributed by atoms with E-state index < -0.39 is 40.7 Å². The minimum atomic E-state index is -4.02. The lowest BCUT2D eigenvalue weighted by molar-refractivity contribution is 0.582. The van der Waals surface area contributed by atoms with Crippen LogP contribution in [0.25, 0.3) is 0 Å². The monoisotopic (exact) mass is 443 g/mol. The van der Waals surface area contributed by atoms with Gasteiger partial charge in [0.05, 0.1) is 32.2 Å². The van der Waals surface area contributed by atoms with Crippen LogP contribution in [-0.4, -0.2) is 42.0 Å². The van der Waals surface area contributed by atoms with Gasteiger partial charge >= 0.3 is 0 Å². The quantitative estimate of drug-likeness (QED) is 0.757. The van der Waals surface area contributed by atoms with E-state index in [1.54, 1.807) is 26.0 Å². The van der Waals surface area contributed by atoms with Crippen molar-refractivity contribution < 1.29 is 25.3 Å². The number of nitrogens with one attached hydrogen (secondary N) is 1. The van der Waals surface area contributed by atoms with Crippen molar-refractivity contribution in [2.24, 2.45) is 0 Å². The lowest BCUT2D eigenvalue weighted by atomic mass is 10.1. The van der Waals surface area contributed by atoms with Crippen LogP contribution in [0.1, 0.15) is 17.5 Å². The first-order valence-corrected chi connectivity index (χ1v) is 13.4. The van der Waals surface area contributed by atoms with E-state index in [-0.39, 0.29) is 22.0 Å². The zero-order chi connectivity index (χ0) is 20.7. The van der Waals surface area contributed by atoms with Gasteiger partial charge in [0.1, 0.15) is 0 Å². The first kappa shape index (κ1) is 20.8. The number of anilines is 1. The molecule has 1 atom stereocenters. The Bertz CT molecular complexity index is 1210. The molecule has 1 fully saturated rings. The summed E-state index contributed by atoms with van der Waals surface area (Å²) in [6.45, 7) is 3.54. The van der Waals surface area contributed by atoms with Crippen LogP contribution >= 0.6 is 0 Å². The third-order valence-electron chi connectivity index (χ3n) is 4.79. The molecule has 0 spiro atoms. The van der Waals surface area contributed by atoms with E-state index in [0.29, 0.717) is 5.69 Å². The molecule has 0 amide bonds. The van der Waals surface area contributed by atoms with Crippen molar-refractivity contribution in [3.63, 3.8) is 0 Å². The average Bonchev–Trinajstić information content (AvgIpc) is 2.99. The summed E-state index contributed by atoms with van der Waals surface area (Å²) in [6, 6.07) is 10.4. The molecule has 7 nitrogen and oxygen atoms in total. The van der Waals surface area contributed by atoms with Crippen LogP contribution in [0.4, 0.5) is 5.69 Å². The molecule has 0 aromatic heterocycles. The number of aryl methyl sites for hydroxylation is 2. The van der Waals surface area contributed by atoms with E-state index in [0.717, 1.165) is 17.2 Å². The third-order valence-corrected chi connectivity index (χ3v) is 10.3. The fourth-order valence-corrected chi connectivity index (χ4v) is 8.91. The van der Waals surface area contributed by atoms with Crippen LogP contribution in [0.2, 0.25) is 0 Å². The van der Waals surface area contributed by atoms with E-state index >= 15 is 0 Å². The summed E-state index contributed by atoms with van der Waals surface area (Å²) in [4.78, 5) is -0.393. The van der Waals surface area contributed by atoms with Crippen molar-refractivity contribution in [2.75, 3.05) is 16.2 Å². The molecule has 0 aliphatic carbocycles. The summed E-state index contributed by atoms with van der Waals surface area (Å²) in [5.74, 6) is -0.615. The second kappa shape index (κ2) is 7.16. The summed E-state index contributed by atoms with van der Waals surface area (Å²) in [6.07, 6.45) is 0.0162. The Balaban J connectivity index is 1.97. The largest absolute Gasteiger partial charge is 0.279 e.